The van der Waals surface area contributed by atoms with E-state index in [-0.39, 0.29) is 10.9 Å². The van der Waals surface area contributed by atoms with Crippen LogP contribution in [0.15, 0.2) is 23.7 Å². The standard InChI is InChI=1S/C12H10ClN3OS2/c1-6-10(19-5-15-6)12(17)16-9-3-2-7(11(14)18)4-8(9)13/h2-5H,1H3,(H2,14,18)(H,16,17). The third-order valence-electron chi connectivity index (χ3n) is 2.45. The highest BCUT2D eigenvalue weighted by Gasteiger charge is 2.13. The first-order chi connectivity index (χ1) is 8.99. The second kappa shape index (κ2) is 5.64. The molecule has 0 spiro atoms. The maximum atomic E-state index is 12.0. The van der Waals surface area contributed by atoms with Crippen molar-refractivity contribution in [2.45, 2.75) is 6.92 Å². The summed E-state index contributed by atoms with van der Waals surface area (Å²) in [4.78, 5) is 16.9. The Labute approximate surface area is 124 Å². The van der Waals surface area contributed by atoms with Crippen LogP contribution in [0.3, 0.4) is 0 Å². The normalized spacial score (nSPS) is 10.2. The van der Waals surface area contributed by atoms with E-state index in [2.05, 4.69) is 10.3 Å². The van der Waals surface area contributed by atoms with E-state index in [1.54, 1.807) is 30.6 Å². The number of nitrogens with zero attached hydrogens (tertiary/aromatic N) is 1. The van der Waals surface area contributed by atoms with E-state index in [4.69, 9.17) is 29.6 Å². The fourth-order valence-electron chi connectivity index (χ4n) is 1.47. The summed E-state index contributed by atoms with van der Waals surface area (Å²) in [6.45, 7) is 1.78. The van der Waals surface area contributed by atoms with Crippen LogP contribution < -0.4 is 11.1 Å². The highest BCUT2D eigenvalue weighted by molar-refractivity contribution is 7.80. The molecule has 2 aromatic rings. The number of thiocarbonyl (C=S) groups is 1. The van der Waals surface area contributed by atoms with E-state index in [0.29, 0.717) is 26.8 Å². The molecule has 0 atom stereocenters. The van der Waals surface area contributed by atoms with E-state index in [1.165, 1.54) is 11.3 Å². The van der Waals surface area contributed by atoms with Gasteiger partial charge in [0, 0.05) is 5.56 Å². The molecular formula is C12H10ClN3OS2. The minimum absolute atomic E-state index is 0.232. The lowest BCUT2D eigenvalue weighted by Gasteiger charge is -2.08. The van der Waals surface area contributed by atoms with E-state index >= 15 is 0 Å². The van der Waals surface area contributed by atoms with Gasteiger partial charge < -0.3 is 11.1 Å². The van der Waals surface area contributed by atoms with Crippen molar-refractivity contribution in [3.63, 3.8) is 0 Å². The minimum Gasteiger partial charge on any atom is -0.389 e. The monoisotopic (exact) mass is 311 g/mol. The number of nitrogens with one attached hydrogen (secondary N) is 1. The van der Waals surface area contributed by atoms with Gasteiger partial charge >= 0.3 is 0 Å². The van der Waals surface area contributed by atoms with Gasteiger partial charge in [0.15, 0.2) is 0 Å². The van der Waals surface area contributed by atoms with E-state index in [0.717, 1.165) is 0 Å². The number of anilines is 1. The van der Waals surface area contributed by atoms with Gasteiger partial charge in [-0.15, -0.1) is 11.3 Å². The van der Waals surface area contributed by atoms with Crippen molar-refractivity contribution >= 4 is 51.7 Å². The number of benzene rings is 1. The van der Waals surface area contributed by atoms with Gasteiger partial charge in [0.05, 0.1) is 21.9 Å². The fourth-order valence-corrected chi connectivity index (χ4v) is 2.52. The van der Waals surface area contributed by atoms with Gasteiger partial charge in [-0.1, -0.05) is 23.8 Å². The predicted molar refractivity (Wildman–Crippen MR) is 82.1 cm³/mol. The van der Waals surface area contributed by atoms with Crippen molar-refractivity contribution in [2.75, 3.05) is 5.32 Å². The number of rotatable bonds is 3. The first-order valence-corrected chi connectivity index (χ1v) is 6.96. The average Bonchev–Trinajstić information content (AvgIpc) is 2.77. The number of thiazole rings is 1. The third-order valence-corrected chi connectivity index (χ3v) is 3.93. The van der Waals surface area contributed by atoms with Crippen LogP contribution in [0.2, 0.25) is 5.02 Å². The maximum absolute atomic E-state index is 12.0. The minimum atomic E-state index is -0.232. The maximum Gasteiger partial charge on any atom is 0.267 e. The molecule has 1 aromatic carbocycles. The lowest BCUT2D eigenvalue weighted by atomic mass is 10.2. The van der Waals surface area contributed by atoms with E-state index in [1.807, 2.05) is 0 Å². The molecule has 98 valence electrons. The van der Waals surface area contributed by atoms with Crippen LogP contribution >= 0.6 is 35.2 Å². The van der Waals surface area contributed by atoms with Crippen molar-refractivity contribution in [3.8, 4) is 0 Å². The summed E-state index contributed by atoms with van der Waals surface area (Å²) in [5.74, 6) is -0.232. The van der Waals surface area contributed by atoms with Crippen LogP contribution in [0.5, 0.6) is 0 Å². The number of aryl methyl sites for hydroxylation is 1. The predicted octanol–water partition coefficient (Wildman–Crippen LogP) is 2.99. The van der Waals surface area contributed by atoms with Crippen LogP contribution in [-0.4, -0.2) is 15.9 Å². The lowest BCUT2D eigenvalue weighted by Crippen LogP contribution is -2.13. The molecule has 1 amide bonds. The summed E-state index contributed by atoms with van der Waals surface area (Å²) >= 11 is 12.2. The largest absolute Gasteiger partial charge is 0.389 e. The van der Waals surface area contributed by atoms with Crippen LogP contribution in [0.25, 0.3) is 0 Å². The zero-order chi connectivity index (χ0) is 14.0. The summed E-state index contributed by atoms with van der Waals surface area (Å²) < 4.78 is 0. The van der Waals surface area contributed by atoms with Crippen molar-refractivity contribution in [1.82, 2.24) is 4.98 Å². The smallest absolute Gasteiger partial charge is 0.267 e. The lowest BCUT2D eigenvalue weighted by molar-refractivity contribution is 0.103. The SMILES string of the molecule is Cc1ncsc1C(=O)Nc1ccc(C(N)=S)cc1Cl. The molecule has 0 aliphatic carbocycles. The first kappa shape index (κ1) is 13.9. The zero-order valence-electron chi connectivity index (χ0n) is 9.94. The molecule has 4 nitrogen and oxygen atoms in total. The molecule has 3 N–H and O–H groups in total. The second-order valence-electron chi connectivity index (χ2n) is 3.78. The highest BCUT2D eigenvalue weighted by atomic mass is 35.5. The van der Waals surface area contributed by atoms with Crippen LogP contribution in [-0.2, 0) is 0 Å². The number of halogens is 1. The highest BCUT2D eigenvalue weighted by Crippen LogP contribution is 2.24. The topological polar surface area (TPSA) is 68.0 Å². The summed E-state index contributed by atoms with van der Waals surface area (Å²) in [5, 5.41) is 3.12. The molecule has 2 rings (SSSR count). The van der Waals surface area contributed by atoms with Crippen molar-refractivity contribution < 1.29 is 4.79 Å². The average molecular weight is 312 g/mol. The number of aromatic nitrogens is 1. The molecule has 1 heterocycles. The molecule has 0 aliphatic rings. The molecular weight excluding hydrogens is 302 g/mol. The number of carbonyl (C=O) groups is 1. The van der Waals surface area contributed by atoms with Gasteiger partial charge in [0.25, 0.3) is 5.91 Å². The summed E-state index contributed by atoms with van der Waals surface area (Å²) in [6, 6.07) is 5.01. The number of amides is 1. The third kappa shape index (κ3) is 3.09. The van der Waals surface area contributed by atoms with Gasteiger partial charge in [0.1, 0.15) is 9.87 Å². The molecule has 0 saturated heterocycles. The number of nitrogens with two attached hydrogens (primary N) is 1. The molecule has 0 unspecified atom stereocenters. The van der Waals surface area contributed by atoms with Gasteiger partial charge in [-0.3, -0.25) is 4.79 Å². The van der Waals surface area contributed by atoms with Gasteiger partial charge in [-0.05, 0) is 25.1 Å². The van der Waals surface area contributed by atoms with Crippen LogP contribution in [0.1, 0.15) is 20.9 Å². The molecule has 19 heavy (non-hydrogen) atoms. The Morgan fingerprint density at radius 2 is 2.26 bits per heavy atom. The Kier molecular flexibility index (Phi) is 4.14. The number of hydrogen-bond donors (Lipinski definition) is 2. The summed E-state index contributed by atoms with van der Waals surface area (Å²) in [7, 11) is 0. The Morgan fingerprint density at radius 3 is 2.79 bits per heavy atom. The quantitative estimate of drug-likeness (QED) is 0.855. The second-order valence-corrected chi connectivity index (χ2v) is 5.48. The van der Waals surface area contributed by atoms with E-state index in [9.17, 15) is 4.79 Å². The van der Waals surface area contributed by atoms with Crippen molar-refractivity contribution in [2.24, 2.45) is 5.73 Å². The Morgan fingerprint density at radius 1 is 1.53 bits per heavy atom. The molecule has 0 aliphatic heterocycles. The van der Waals surface area contributed by atoms with Crippen LogP contribution in [0.4, 0.5) is 5.69 Å². The number of carbonyl (C=O) groups excluding carboxylic acids is 1. The van der Waals surface area contributed by atoms with Gasteiger partial charge in [-0.25, -0.2) is 4.98 Å². The molecule has 0 bridgehead atoms. The fraction of sp³-hybridized carbons (Fsp3) is 0.0833. The molecule has 0 saturated carbocycles. The van der Waals surface area contributed by atoms with Gasteiger partial charge in [0.2, 0.25) is 0 Å². The number of hydrogen-bond acceptors (Lipinski definition) is 4. The molecule has 1 aromatic heterocycles. The Balaban J connectivity index is 2.23. The van der Waals surface area contributed by atoms with Gasteiger partial charge in [-0.2, -0.15) is 0 Å². The summed E-state index contributed by atoms with van der Waals surface area (Å²) in [5.41, 5.74) is 9.00. The molecule has 0 fully saturated rings. The van der Waals surface area contributed by atoms with Crippen LogP contribution in [0, 0.1) is 6.92 Å². The van der Waals surface area contributed by atoms with Crippen molar-refractivity contribution in [1.29, 1.82) is 0 Å². The van der Waals surface area contributed by atoms with Crippen molar-refractivity contribution in [3.05, 3.63) is 44.9 Å². The Hall–Kier alpha value is -1.50. The Bertz CT molecular complexity index is 654. The summed E-state index contributed by atoms with van der Waals surface area (Å²) in [6.07, 6.45) is 0. The molecule has 7 heteroatoms. The zero-order valence-corrected chi connectivity index (χ0v) is 12.3. The first-order valence-electron chi connectivity index (χ1n) is 5.30. The van der Waals surface area contributed by atoms with E-state index < -0.39 is 0 Å². The molecule has 0 radical (unpaired) electrons.